The number of carboxylic acid groups (broad SMARTS) is 1. The Labute approximate surface area is 156 Å². The maximum Gasteiger partial charge on any atom is 0.333 e. The van der Waals surface area contributed by atoms with Crippen LogP contribution in [0.4, 0.5) is 0 Å². The molecule has 0 saturated heterocycles. The van der Waals surface area contributed by atoms with Crippen LogP contribution < -0.4 is 10.6 Å². The van der Waals surface area contributed by atoms with Gasteiger partial charge in [0, 0.05) is 18.4 Å². The van der Waals surface area contributed by atoms with Crippen molar-refractivity contribution < 1.29 is 19.5 Å². The van der Waals surface area contributed by atoms with Gasteiger partial charge in [-0.1, -0.05) is 50.0 Å². The molecular formula is C17H22Cl2N2O4. The van der Waals surface area contributed by atoms with Crippen LogP contribution in [0.3, 0.4) is 0 Å². The first-order valence-electron chi connectivity index (χ1n) is 7.66. The van der Waals surface area contributed by atoms with Gasteiger partial charge in [-0.05, 0) is 24.6 Å². The normalized spacial score (nSPS) is 13.7. The third kappa shape index (κ3) is 5.61. The quantitative estimate of drug-likeness (QED) is 0.697. The fourth-order valence-electron chi connectivity index (χ4n) is 1.95. The van der Waals surface area contributed by atoms with Crippen LogP contribution in [0.2, 0.25) is 10.0 Å². The summed E-state index contributed by atoms with van der Waals surface area (Å²) in [7, 11) is 0. The molecule has 0 fully saturated rings. The number of carboxylic acids is 1. The van der Waals surface area contributed by atoms with E-state index in [1.807, 2.05) is 0 Å². The SMILES string of the molecule is CC(C)(C)C(=O)NCCC(=O)NC(C)(C(=O)O)c1ccc(Cl)c(Cl)c1. The van der Waals surface area contributed by atoms with Crippen LogP contribution in [0.25, 0.3) is 0 Å². The lowest BCUT2D eigenvalue weighted by Gasteiger charge is -2.27. The van der Waals surface area contributed by atoms with E-state index < -0.39 is 22.8 Å². The summed E-state index contributed by atoms with van der Waals surface area (Å²) in [5.74, 6) is -1.94. The molecule has 3 N–H and O–H groups in total. The molecule has 25 heavy (non-hydrogen) atoms. The zero-order chi connectivity index (χ0) is 19.4. The molecule has 0 aliphatic carbocycles. The number of nitrogens with one attached hydrogen (secondary N) is 2. The molecule has 0 radical (unpaired) electrons. The number of aliphatic carboxylic acids is 1. The molecule has 0 saturated carbocycles. The van der Waals surface area contributed by atoms with Crippen LogP contribution >= 0.6 is 23.2 Å². The Morgan fingerprint density at radius 2 is 1.68 bits per heavy atom. The third-order valence-electron chi connectivity index (χ3n) is 3.63. The molecule has 1 aromatic carbocycles. The zero-order valence-corrected chi connectivity index (χ0v) is 16.1. The Morgan fingerprint density at radius 3 is 2.16 bits per heavy atom. The monoisotopic (exact) mass is 388 g/mol. The van der Waals surface area contributed by atoms with Crippen molar-refractivity contribution in [1.29, 1.82) is 0 Å². The van der Waals surface area contributed by atoms with Crippen LogP contribution in [0.1, 0.15) is 39.7 Å². The van der Waals surface area contributed by atoms with Gasteiger partial charge >= 0.3 is 5.97 Å². The van der Waals surface area contributed by atoms with Crippen molar-refractivity contribution >= 4 is 41.0 Å². The van der Waals surface area contributed by atoms with Gasteiger partial charge in [-0.25, -0.2) is 4.79 Å². The summed E-state index contributed by atoms with van der Waals surface area (Å²) >= 11 is 11.8. The number of rotatable bonds is 6. The Kier molecular flexibility index (Phi) is 6.85. The maximum atomic E-state index is 12.1. The minimum absolute atomic E-state index is 0.0496. The summed E-state index contributed by atoms with van der Waals surface area (Å²) < 4.78 is 0. The van der Waals surface area contributed by atoms with Crippen molar-refractivity contribution in [3.8, 4) is 0 Å². The van der Waals surface area contributed by atoms with E-state index in [9.17, 15) is 19.5 Å². The predicted molar refractivity (Wildman–Crippen MR) is 96.7 cm³/mol. The van der Waals surface area contributed by atoms with Gasteiger partial charge in [0.15, 0.2) is 5.54 Å². The molecule has 0 spiro atoms. The molecule has 138 valence electrons. The summed E-state index contributed by atoms with van der Waals surface area (Å²) in [6.45, 7) is 6.75. The molecule has 6 nitrogen and oxygen atoms in total. The van der Waals surface area contributed by atoms with Crippen molar-refractivity contribution in [3.63, 3.8) is 0 Å². The molecule has 0 heterocycles. The fraction of sp³-hybridized carbons (Fsp3) is 0.471. The van der Waals surface area contributed by atoms with Crippen LogP contribution in [-0.2, 0) is 19.9 Å². The summed E-state index contributed by atoms with van der Waals surface area (Å²) in [6, 6.07) is 4.36. The summed E-state index contributed by atoms with van der Waals surface area (Å²) in [5.41, 5.74) is -1.94. The molecule has 0 aliphatic rings. The summed E-state index contributed by atoms with van der Waals surface area (Å²) in [6.07, 6.45) is -0.0496. The van der Waals surface area contributed by atoms with Crippen LogP contribution in [0, 0.1) is 5.41 Å². The van der Waals surface area contributed by atoms with Gasteiger partial charge in [0.05, 0.1) is 10.0 Å². The van der Waals surface area contributed by atoms with Crippen LogP contribution in [0.15, 0.2) is 18.2 Å². The van der Waals surface area contributed by atoms with Crippen molar-refractivity contribution in [2.75, 3.05) is 6.54 Å². The molecule has 8 heteroatoms. The fourth-order valence-corrected chi connectivity index (χ4v) is 2.25. The van der Waals surface area contributed by atoms with Gasteiger partial charge in [0.25, 0.3) is 0 Å². The Morgan fingerprint density at radius 1 is 1.08 bits per heavy atom. The molecule has 1 rings (SSSR count). The third-order valence-corrected chi connectivity index (χ3v) is 4.37. The number of hydrogen-bond acceptors (Lipinski definition) is 3. The molecule has 0 aromatic heterocycles. The van der Waals surface area contributed by atoms with Crippen LogP contribution in [-0.4, -0.2) is 29.4 Å². The maximum absolute atomic E-state index is 12.1. The summed E-state index contributed by atoms with van der Waals surface area (Å²) in [4.78, 5) is 35.6. The molecular weight excluding hydrogens is 367 g/mol. The molecule has 1 unspecified atom stereocenters. The number of carbonyl (C=O) groups is 3. The van der Waals surface area contributed by atoms with E-state index in [1.54, 1.807) is 20.8 Å². The van der Waals surface area contributed by atoms with Gasteiger partial charge < -0.3 is 15.7 Å². The standard InChI is InChI=1S/C17H22Cl2N2O4/c1-16(2,3)14(23)20-8-7-13(22)21-17(4,15(24)25)10-5-6-11(18)12(19)9-10/h5-6,9H,7-8H2,1-4H3,(H,20,23)(H,21,22)(H,24,25). The van der Waals surface area contributed by atoms with Gasteiger partial charge in [-0.3, -0.25) is 9.59 Å². The highest BCUT2D eigenvalue weighted by atomic mass is 35.5. The first-order valence-corrected chi connectivity index (χ1v) is 8.42. The smallest absolute Gasteiger partial charge is 0.333 e. The zero-order valence-electron chi connectivity index (χ0n) is 14.6. The van der Waals surface area contributed by atoms with E-state index in [1.165, 1.54) is 25.1 Å². The minimum Gasteiger partial charge on any atom is -0.479 e. The van der Waals surface area contributed by atoms with E-state index in [0.29, 0.717) is 5.56 Å². The average Bonchev–Trinajstić information content (AvgIpc) is 2.48. The van der Waals surface area contributed by atoms with Gasteiger partial charge in [0.1, 0.15) is 0 Å². The van der Waals surface area contributed by atoms with E-state index in [4.69, 9.17) is 23.2 Å². The molecule has 2 amide bonds. The van der Waals surface area contributed by atoms with Crippen LogP contribution in [0.5, 0.6) is 0 Å². The second kappa shape index (κ2) is 8.06. The molecule has 0 bridgehead atoms. The number of halogens is 2. The largest absolute Gasteiger partial charge is 0.479 e. The van der Waals surface area contributed by atoms with E-state index in [2.05, 4.69) is 10.6 Å². The predicted octanol–water partition coefficient (Wildman–Crippen LogP) is 2.96. The van der Waals surface area contributed by atoms with E-state index >= 15 is 0 Å². The van der Waals surface area contributed by atoms with Crippen molar-refractivity contribution in [1.82, 2.24) is 10.6 Å². The molecule has 1 atom stereocenters. The van der Waals surface area contributed by atoms with Gasteiger partial charge in [0.2, 0.25) is 11.8 Å². The Bertz CT molecular complexity index is 686. The number of amides is 2. The van der Waals surface area contributed by atoms with Gasteiger partial charge in [-0.15, -0.1) is 0 Å². The van der Waals surface area contributed by atoms with Crippen molar-refractivity contribution in [2.24, 2.45) is 5.41 Å². The number of benzene rings is 1. The highest BCUT2D eigenvalue weighted by Gasteiger charge is 2.37. The number of carbonyl (C=O) groups excluding carboxylic acids is 2. The highest BCUT2D eigenvalue weighted by molar-refractivity contribution is 6.42. The number of hydrogen-bond donors (Lipinski definition) is 3. The first-order chi connectivity index (χ1) is 11.4. The first kappa shape index (κ1) is 21.3. The Hall–Kier alpha value is -1.79. The molecule has 1 aromatic rings. The Balaban J connectivity index is 2.80. The van der Waals surface area contributed by atoms with E-state index in [-0.39, 0.29) is 28.9 Å². The van der Waals surface area contributed by atoms with Gasteiger partial charge in [-0.2, -0.15) is 0 Å². The van der Waals surface area contributed by atoms with E-state index in [0.717, 1.165) is 0 Å². The lowest BCUT2D eigenvalue weighted by atomic mass is 9.92. The second-order valence-electron chi connectivity index (χ2n) is 6.86. The average molecular weight is 389 g/mol. The minimum atomic E-state index is -1.67. The second-order valence-corrected chi connectivity index (χ2v) is 7.68. The lowest BCUT2D eigenvalue weighted by molar-refractivity contribution is -0.147. The summed E-state index contributed by atoms with van der Waals surface area (Å²) in [5, 5.41) is 15.2. The lowest BCUT2D eigenvalue weighted by Crippen LogP contribution is -2.50. The van der Waals surface area contributed by atoms with Crippen molar-refractivity contribution in [2.45, 2.75) is 39.7 Å². The van der Waals surface area contributed by atoms with Crippen molar-refractivity contribution in [3.05, 3.63) is 33.8 Å². The molecule has 0 aliphatic heterocycles. The topological polar surface area (TPSA) is 95.5 Å². The highest BCUT2D eigenvalue weighted by Crippen LogP contribution is 2.29.